The van der Waals surface area contributed by atoms with Crippen molar-refractivity contribution in [2.75, 3.05) is 43.9 Å². The van der Waals surface area contributed by atoms with Crippen molar-refractivity contribution >= 4 is 27.7 Å². The largest absolute Gasteiger partial charge is 0.370 e. The summed E-state index contributed by atoms with van der Waals surface area (Å²) >= 11 is 1.93. The van der Waals surface area contributed by atoms with Crippen LogP contribution in [0.5, 0.6) is 0 Å². The summed E-state index contributed by atoms with van der Waals surface area (Å²) in [6.07, 6.45) is 4.15. The van der Waals surface area contributed by atoms with Crippen LogP contribution in [-0.4, -0.2) is 73.6 Å². The van der Waals surface area contributed by atoms with Crippen LogP contribution in [0, 0.1) is 0 Å². The third kappa shape index (κ3) is 4.26. The van der Waals surface area contributed by atoms with Gasteiger partial charge in [-0.1, -0.05) is 6.42 Å². The standard InChI is InChI=1S/C12H24N4O2S2/c1-20(17,18)16-5-3-2-4-11(16)10-14-12(13)15-6-8-19-9-7-15/h11H,2-10H2,1H3,(H2,13,14). The average molecular weight is 320 g/mol. The molecule has 2 N–H and O–H groups in total. The number of thioether (sulfide) groups is 1. The van der Waals surface area contributed by atoms with Crippen LogP contribution in [-0.2, 0) is 10.0 Å². The van der Waals surface area contributed by atoms with E-state index < -0.39 is 10.0 Å². The lowest BCUT2D eigenvalue weighted by molar-refractivity contribution is 0.259. The molecule has 0 radical (unpaired) electrons. The van der Waals surface area contributed by atoms with Gasteiger partial charge in [0.2, 0.25) is 10.0 Å². The summed E-state index contributed by atoms with van der Waals surface area (Å²) in [6.45, 7) is 2.95. The van der Waals surface area contributed by atoms with Crippen LogP contribution in [0.25, 0.3) is 0 Å². The quantitative estimate of drug-likeness (QED) is 0.592. The van der Waals surface area contributed by atoms with E-state index in [9.17, 15) is 8.42 Å². The second-order valence-corrected chi connectivity index (χ2v) is 8.48. The zero-order valence-corrected chi connectivity index (χ0v) is 13.6. The molecule has 0 aliphatic carbocycles. The van der Waals surface area contributed by atoms with Gasteiger partial charge < -0.3 is 10.6 Å². The molecule has 2 rings (SSSR count). The van der Waals surface area contributed by atoms with Crippen LogP contribution in [0.3, 0.4) is 0 Å². The first kappa shape index (κ1) is 15.9. The summed E-state index contributed by atoms with van der Waals surface area (Å²) in [7, 11) is -3.14. The second-order valence-electron chi connectivity index (χ2n) is 5.32. The van der Waals surface area contributed by atoms with E-state index in [1.54, 1.807) is 4.31 Å². The first-order chi connectivity index (χ1) is 9.48. The van der Waals surface area contributed by atoms with Gasteiger partial charge in [-0.2, -0.15) is 16.1 Å². The molecule has 2 fully saturated rings. The van der Waals surface area contributed by atoms with E-state index in [1.165, 1.54) is 6.26 Å². The molecule has 0 aromatic rings. The Bertz CT molecular complexity index is 446. The van der Waals surface area contributed by atoms with E-state index in [-0.39, 0.29) is 6.04 Å². The summed E-state index contributed by atoms with van der Waals surface area (Å²) < 4.78 is 25.1. The molecule has 2 aliphatic heterocycles. The Morgan fingerprint density at radius 2 is 2.00 bits per heavy atom. The first-order valence-electron chi connectivity index (χ1n) is 7.08. The molecule has 0 aromatic heterocycles. The number of piperidine rings is 1. The molecule has 2 heterocycles. The lowest BCUT2D eigenvalue weighted by atomic mass is 10.1. The van der Waals surface area contributed by atoms with Crippen molar-refractivity contribution in [2.24, 2.45) is 10.7 Å². The van der Waals surface area contributed by atoms with Crippen molar-refractivity contribution in [1.82, 2.24) is 9.21 Å². The van der Waals surface area contributed by atoms with Crippen molar-refractivity contribution in [1.29, 1.82) is 0 Å². The van der Waals surface area contributed by atoms with E-state index in [1.807, 2.05) is 11.8 Å². The van der Waals surface area contributed by atoms with Crippen molar-refractivity contribution in [3.63, 3.8) is 0 Å². The fourth-order valence-electron chi connectivity index (χ4n) is 2.68. The van der Waals surface area contributed by atoms with Gasteiger partial charge in [-0.25, -0.2) is 8.42 Å². The Kier molecular flexibility index (Phi) is 5.57. The Morgan fingerprint density at radius 1 is 1.30 bits per heavy atom. The van der Waals surface area contributed by atoms with Crippen LogP contribution in [0.1, 0.15) is 19.3 Å². The van der Waals surface area contributed by atoms with E-state index in [0.29, 0.717) is 19.0 Å². The number of sulfonamides is 1. The van der Waals surface area contributed by atoms with Crippen molar-refractivity contribution in [3.05, 3.63) is 0 Å². The fourth-order valence-corrected chi connectivity index (χ4v) is 4.76. The summed E-state index contributed by atoms with van der Waals surface area (Å²) in [5, 5.41) is 0. The van der Waals surface area contributed by atoms with E-state index in [0.717, 1.165) is 43.9 Å². The molecule has 0 amide bonds. The molecule has 2 aliphatic rings. The third-order valence-corrected chi connectivity index (χ3v) is 6.07. The van der Waals surface area contributed by atoms with Gasteiger partial charge in [0.05, 0.1) is 12.8 Å². The minimum absolute atomic E-state index is 0.0311. The summed E-state index contributed by atoms with van der Waals surface area (Å²) in [6, 6.07) is -0.0311. The molecule has 8 heteroatoms. The predicted octanol–water partition coefficient (Wildman–Crippen LogP) is 0.164. The highest BCUT2D eigenvalue weighted by molar-refractivity contribution is 7.99. The summed E-state index contributed by atoms with van der Waals surface area (Å²) in [4.78, 5) is 6.53. The van der Waals surface area contributed by atoms with Gasteiger partial charge in [-0.15, -0.1) is 0 Å². The maximum absolute atomic E-state index is 11.8. The van der Waals surface area contributed by atoms with E-state index in [4.69, 9.17) is 5.73 Å². The molecule has 6 nitrogen and oxygen atoms in total. The van der Waals surface area contributed by atoms with Crippen molar-refractivity contribution in [3.8, 4) is 0 Å². The molecule has 20 heavy (non-hydrogen) atoms. The number of nitrogens with two attached hydrogens (primary N) is 1. The molecule has 1 atom stereocenters. The maximum atomic E-state index is 11.8. The van der Waals surface area contributed by atoms with Crippen LogP contribution in [0.4, 0.5) is 0 Å². The summed E-state index contributed by atoms with van der Waals surface area (Å²) in [5.74, 6) is 2.72. The van der Waals surface area contributed by atoms with Crippen LogP contribution < -0.4 is 5.73 Å². The van der Waals surface area contributed by atoms with E-state index >= 15 is 0 Å². The summed E-state index contributed by atoms with van der Waals surface area (Å²) in [5.41, 5.74) is 6.02. The molecule has 0 spiro atoms. The zero-order valence-electron chi connectivity index (χ0n) is 12.0. The number of guanidine groups is 1. The van der Waals surface area contributed by atoms with Gasteiger partial charge in [0.15, 0.2) is 5.96 Å². The highest BCUT2D eigenvalue weighted by atomic mass is 32.2. The number of hydrogen-bond donors (Lipinski definition) is 1. The minimum atomic E-state index is -3.14. The van der Waals surface area contributed by atoms with Gasteiger partial charge in [0.25, 0.3) is 0 Å². The molecule has 116 valence electrons. The molecule has 1 unspecified atom stereocenters. The smallest absolute Gasteiger partial charge is 0.211 e. The molecule has 0 bridgehead atoms. The number of nitrogens with zero attached hydrogens (tertiary/aromatic N) is 3. The van der Waals surface area contributed by atoms with Gasteiger partial charge in [0, 0.05) is 37.2 Å². The Hall–Kier alpha value is -0.470. The average Bonchev–Trinajstić information content (AvgIpc) is 2.45. The van der Waals surface area contributed by atoms with E-state index in [2.05, 4.69) is 9.89 Å². The second kappa shape index (κ2) is 7.00. The predicted molar refractivity (Wildman–Crippen MR) is 84.6 cm³/mol. The van der Waals surface area contributed by atoms with Crippen LogP contribution in [0.2, 0.25) is 0 Å². The Balaban J connectivity index is 1.96. The molecule has 2 saturated heterocycles. The topological polar surface area (TPSA) is 79.0 Å². The van der Waals surface area contributed by atoms with Crippen LogP contribution in [0.15, 0.2) is 4.99 Å². The molecule has 0 saturated carbocycles. The maximum Gasteiger partial charge on any atom is 0.211 e. The highest BCUT2D eigenvalue weighted by Gasteiger charge is 2.29. The third-order valence-electron chi connectivity index (χ3n) is 3.80. The first-order valence-corrected chi connectivity index (χ1v) is 10.1. The SMILES string of the molecule is CS(=O)(=O)N1CCCCC1CN=C(N)N1CCSCC1. The molecular formula is C12H24N4O2S2. The number of aliphatic imine (C=N–C) groups is 1. The highest BCUT2D eigenvalue weighted by Crippen LogP contribution is 2.20. The Labute approximate surface area is 125 Å². The monoisotopic (exact) mass is 320 g/mol. The van der Waals surface area contributed by atoms with Crippen molar-refractivity contribution < 1.29 is 8.42 Å². The zero-order chi connectivity index (χ0) is 14.6. The number of hydrogen-bond acceptors (Lipinski definition) is 4. The number of rotatable bonds is 3. The lowest BCUT2D eigenvalue weighted by Crippen LogP contribution is -2.46. The molecular weight excluding hydrogens is 296 g/mol. The van der Waals surface area contributed by atoms with Crippen molar-refractivity contribution in [2.45, 2.75) is 25.3 Å². The minimum Gasteiger partial charge on any atom is -0.370 e. The van der Waals surface area contributed by atoms with Crippen LogP contribution >= 0.6 is 11.8 Å². The van der Waals surface area contributed by atoms with Gasteiger partial charge in [0.1, 0.15) is 0 Å². The van der Waals surface area contributed by atoms with Gasteiger partial charge in [-0.3, -0.25) is 4.99 Å². The fraction of sp³-hybridized carbons (Fsp3) is 0.917. The lowest BCUT2D eigenvalue weighted by Gasteiger charge is -2.33. The van der Waals surface area contributed by atoms with Gasteiger partial charge >= 0.3 is 0 Å². The molecule has 0 aromatic carbocycles. The normalized spacial score (nSPS) is 26.8. The Morgan fingerprint density at radius 3 is 2.65 bits per heavy atom. The van der Waals surface area contributed by atoms with Gasteiger partial charge in [-0.05, 0) is 12.8 Å².